The molecule has 0 bridgehead atoms. The molecule has 0 aromatic heterocycles. The second-order valence-corrected chi connectivity index (χ2v) is 4.83. The zero-order valence-electron chi connectivity index (χ0n) is 11.1. The normalized spacial score (nSPS) is 11.3. The lowest BCUT2D eigenvalue weighted by molar-refractivity contribution is 0.0498. The Morgan fingerprint density at radius 2 is 1.88 bits per heavy atom. The van der Waals surface area contributed by atoms with Gasteiger partial charge >= 0.3 is 6.09 Å². The smallest absolute Gasteiger partial charge is 0.407 e. The van der Waals surface area contributed by atoms with E-state index in [1.165, 1.54) is 0 Å². The van der Waals surface area contributed by atoms with Crippen molar-refractivity contribution in [3.05, 3.63) is 0 Å². The maximum Gasteiger partial charge on any atom is 0.407 e. The maximum absolute atomic E-state index is 11.2. The van der Waals surface area contributed by atoms with E-state index in [4.69, 9.17) is 14.6 Å². The van der Waals surface area contributed by atoms with Gasteiger partial charge in [-0.05, 0) is 40.0 Å². The van der Waals surface area contributed by atoms with E-state index in [1.807, 2.05) is 20.8 Å². The van der Waals surface area contributed by atoms with Crippen LogP contribution in [0.15, 0.2) is 0 Å². The van der Waals surface area contributed by atoms with E-state index < -0.39 is 11.7 Å². The van der Waals surface area contributed by atoms with Gasteiger partial charge in [-0.1, -0.05) is 0 Å². The number of rotatable bonds is 8. The molecule has 0 saturated carbocycles. The Morgan fingerprint density at radius 3 is 2.47 bits per heavy atom. The first-order valence-electron chi connectivity index (χ1n) is 6.11. The molecule has 0 aromatic carbocycles. The summed E-state index contributed by atoms with van der Waals surface area (Å²) in [6.07, 6.45) is 2.31. The number of ether oxygens (including phenoxy) is 2. The number of alkyl carbamates (subject to hydrolysis) is 1. The summed E-state index contributed by atoms with van der Waals surface area (Å²) in [7, 11) is 0. The van der Waals surface area contributed by atoms with Gasteiger partial charge in [0.25, 0.3) is 0 Å². The summed E-state index contributed by atoms with van der Waals surface area (Å²) in [5.41, 5.74) is -0.463. The molecule has 0 heterocycles. The molecule has 17 heavy (non-hydrogen) atoms. The molecule has 0 aliphatic heterocycles. The van der Waals surface area contributed by atoms with Crippen LogP contribution in [0.1, 0.15) is 40.0 Å². The second-order valence-electron chi connectivity index (χ2n) is 4.83. The van der Waals surface area contributed by atoms with Gasteiger partial charge in [0.05, 0.1) is 6.61 Å². The summed E-state index contributed by atoms with van der Waals surface area (Å²) < 4.78 is 10.4. The molecule has 0 aliphatic carbocycles. The minimum absolute atomic E-state index is 0.236. The van der Waals surface area contributed by atoms with Crippen molar-refractivity contribution in [2.75, 3.05) is 26.4 Å². The standard InChI is InChI=1S/C12H25NO4/c1-12(2,3)17-11(15)13-7-10-16-9-6-4-5-8-14/h14H,4-10H2,1-3H3,(H,13,15). The van der Waals surface area contributed by atoms with Crippen LogP contribution in [0, 0.1) is 0 Å². The Kier molecular flexibility index (Phi) is 8.80. The summed E-state index contributed by atoms with van der Waals surface area (Å²) in [5.74, 6) is 0. The summed E-state index contributed by atoms with van der Waals surface area (Å²) >= 11 is 0. The van der Waals surface area contributed by atoms with Crippen LogP contribution >= 0.6 is 0 Å². The molecule has 0 rings (SSSR count). The molecule has 0 aromatic rings. The van der Waals surface area contributed by atoms with Crippen LogP contribution in [0.2, 0.25) is 0 Å². The minimum atomic E-state index is -0.463. The number of unbranched alkanes of at least 4 members (excludes halogenated alkanes) is 2. The van der Waals surface area contributed by atoms with Gasteiger partial charge in [-0.25, -0.2) is 4.79 Å². The molecule has 1 amide bonds. The number of carbonyl (C=O) groups is 1. The fourth-order valence-electron chi connectivity index (χ4n) is 1.13. The third kappa shape index (κ3) is 13.1. The maximum atomic E-state index is 11.2. The van der Waals surface area contributed by atoms with E-state index >= 15 is 0 Å². The molecule has 0 fully saturated rings. The molecule has 0 aliphatic rings. The van der Waals surface area contributed by atoms with Crippen molar-refractivity contribution in [3.63, 3.8) is 0 Å². The van der Waals surface area contributed by atoms with Gasteiger partial charge in [0.15, 0.2) is 0 Å². The summed E-state index contributed by atoms with van der Waals surface area (Å²) in [6, 6.07) is 0. The van der Waals surface area contributed by atoms with Crippen LogP contribution < -0.4 is 5.32 Å². The number of nitrogens with one attached hydrogen (secondary N) is 1. The third-order valence-corrected chi connectivity index (χ3v) is 1.86. The molecule has 0 saturated heterocycles. The van der Waals surface area contributed by atoms with Crippen LogP contribution in [-0.2, 0) is 9.47 Å². The predicted molar refractivity (Wildman–Crippen MR) is 66.0 cm³/mol. The molecular formula is C12H25NO4. The lowest BCUT2D eigenvalue weighted by Crippen LogP contribution is -2.34. The zero-order valence-corrected chi connectivity index (χ0v) is 11.1. The molecule has 5 nitrogen and oxygen atoms in total. The van der Waals surface area contributed by atoms with Gasteiger partial charge in [-0.15, -0.1) is 0 Å². The van der Waals surface area contributed by atoms with Crippen molar-refractivity contribution in [3.8, 4) is 0 Å². The average Bonchev–Trinajstić information content (AvgIpc) is 2.19. The number of carbonyl (C=O) groups excluding carboxylic acids is 1. The van der Waals surface area contributed by atoms with Gasteiger partial charge in [0, 0.05) is 19.8 Å². The average molecular weight is 247 g/mol. The van der Waals surface area contributed by atoms with E-state index in [2.05, 4.69) is 5.32 Å². The van der Waals surface area contributed by atoms with E-state index in [1.54, 1.807) is 0 Å². The van der Waals surface area contributed by atoms with E-state index in [0.29, 0.717) is 19.8 Å². The molecule has 5 heteroatoms. The van der Waals surface area contributed by atoms with Gasteiger partial charge < -0.3 is 19.9 Å². The number of amides is 1. The van der Waals surface area contributed by atoms with E-state index in [-0.39, 0.29) is 6.61 Å². The Hall–Kier alpha value is -0.810. The molecular weight excluding hydrogens is 222 g/mol. The SMILES string of the molecule is CC(C)(C)OC(=O)NCCOCCCCCO. The lowest BCUT2D eigenvalue weighted by atomic mass is 10.2. The first-order chi connectivity index (χ1) is 7.95. The minimum Gasteiger partial charge on any atom is -0.444 e. The van der Waals surface area contributed by atoms with Crippen molar-refractivity contribution < 1.29 is 19.4 Å². The van der Waals surface area contributed by atoms with Crippen LogP contribution in [0.25, 0.3) is 0 Å². The van der Waals surface area contributed by atoms with Crippen molar-refractivity contribution in [1.29, 1.82) is 0 Å². The van der Waals surface area contributed by atoms with Crippen LogP contribution in [0.4, 0.5) is 4.79 Å². The van der Waals surface area contributed by atoms with Gasteiger partial charge in [-0.2, -0.15) is 0 Å². The summed E-state index contributed by atoms with van der Waals surface area (Å²) in [6.45, 7) is 7.31. The zero-order chi connectivity index (χ0) is 13.1. The summed E-state index contributed by atoms with van der Waals surface area (Å²) in [4.78, 5) is 11.2. The topological polar surface area (TPSA) is 67.8 Å². The first-order valence-corrected chi connectivity index (χ1v) is 6.11. The Morgan fingerprint density at radius 1 is 1.18 bits per heavy atom. The summed E-state index contributed by atoms with van der Waals surface area (Å²) in [5, 5.41) is 11.2. The van der Waals surface area contributed by atoms with Crippen molar-refractivity contribution in [2.45, 2.75) is 45.6 Å². The first kappa shape index (κ1) is 16.2. The van der Waals surface area contributed by atoms with E-state index in [0.717, 1.165) is 19.3 Å². The highest BCUT2D eigenvalue weighted by Gasteiger charge is 2.15. The van der Waals surface area contributed by atoms with E-state index in [9.17, 15) is 4.79 Å². The van der Waals surface area contributed by atoms with Crippen molar-refractivity contribution in [2.24, 2.45) is 0 Å². The molecule has 0 radical (unpaired) electrons. The number of aliphatic hydroxyl groups excluding tert-OH is 1. The lowest BCUT2D eigenvalue weighted by Gasteiger charge is -2.19. The van der Waals surface area contributed by atoms with Gasteiger partial charge in [-0.3, -0.25) is 0 Å². The Bertz CT molecular complexity index is 201. The fraction of sp³-hybridized carbons (Fsp3) is 0.917. The van der Waals surface area contributed by atoms with Crippen molar-refractivity contribution >= 4 is 6.09 Å². The molecule has 0 atom stereocenters. The van der Waals surface area contributed by atoms with Gasteiger partial charge in [0.1, 0.15) is 5.60 Å². The van der Waals surface area contributed by atoms with Crippen LogP contribution in [0.3, 0.4) is 0 Å². The molecule has 2 N–H and O–H groups in total. The number of hydrogen-bond donors (Lipinski definition) is 2. The number of hydrogen-bond acceptors (Lipinski definition) is 4. The van der Waals surface area contributed by atoms with Crippen LogP contribution in [0.5, 0.6) is 0 Å². The highest BCUT2D eigenvalue weighted by atomic mass is 16.6. The molecule has 0 unspecified atom stereocenters. The molecule has 102 valence electrons. The van der Waals surface area contributed by atoms with Crippen LogP contribution in [-0.4, -0.2) is 43.2 Å². The fourth-order valence-corrected chi connectivity index (χ4v) is 1.13. The Labute approximate surface area is 103 Å². The largest absolute Gasteiger partial charge is 0.444 e. The monoisotopic (exact) mass is 247 g/mol. The second kappa shape index (κ2) is 9.24. The predicted octanol–water partition coefficient (Wildman–Crippen LogP) is 1.69. The van der Waals surface area contributed by atoms with Crippen molar-refractivity contribution in [1.82, 2.24) is 5.32 Å². The molecule has 0 spiro atoms. The van der Waals surface area contributed by atoms with Gasteiger partial charge in [0.2, 0.25) is 0 Å². The quantitative estimate of drug-likeness (QED) is 0.640. The highest BCUT2D eigenvalue weighted by molar-refractivity contribution is 5.67. The number of aliphatic hydroxyl groups is 1. The Balaban J connectivity index is 3.25. The highest BCUT2D eigenvalue weighted by Crippen LogP contribution is 2.06. The third-order valence-electron chi connectivity index (χ3n) is 1.86.